The molecular weight excluding hydrogens is 230 g/mol. The van der Waals surface area contributed by atoms with Crippen LogP contribution in [0.15, 0.2) is 22.7 Å². The lowest BCUT2D eigenvalue weighted by molar-refractivity contribution is 0.242. The van der Waals surface area contributed by atoms with Crippen molar-refractivity contribution in [2.45, 2.75) is 32.4 Å². The van der Waals surface area contributed by atoms with Crippen LogP contribution in [0.2, 0.25) is 0 Å². The molecule has 1 aliphatic rings. The van der Waals surface area contributed by atoms with E-state index in [1.807, 2.05) is 18.2 Å². The average Bonchev–Trinajstić information content (AvgIpc) is 2.94. The Morgan fingerprint density at radius 2 is 2.39 bits per heavy atom. The third-order valence-electron chi connectivity index (χ3n) is 3.17. The molecule has 0 bridgehead atoms. The van der Waals surface area contributed by atoms with E-state index in [0.29, 0.717) is 18.3 Å². The Kier molecular flexibility index (Phi) is 2.76. The van der Waals surface area contributed by atoms with Gasteiger partial charge in [0.05, 0.1) is 0 Å². The van der Waals surface area contributed by atoms with Crippen LogP contribution in [0.3, 0.4) is 0 Å². The molecule has 1 aliphatic carbocycles. The van der Waals surface area contributed by atoms with Gasteiger partial charge in [0.2, 0.25) is 0 Å². The minimum atomic E-state index is 0.174. The molecular formula is C13H15N3O2. The van der Waals surface area contributed by atoms with Gasteiger partial charge >= 0.3 is 0 Å². The second-order valence-corrected chi connectivity index (χ2v) is 4.53. The summed E-state index contributed by atoms with van der Waals surface area (Å²) in [7, 11) is 0. The molecule has 1 aromatic carbocycles. The van der Waals surface area contributed by atoms with Crippen LogP contribution in [0.4, 0.5) is 0 Å². The Hall–Kier alpha value is -1.88. The van der Waals surface area contributed by atoms with E-state index >= 15 is 0 Å². The molecule has 0 saturated carbocycles. The molecule has 94 valence electrons. The van der Waals surface area contributed by atoms with Gasteiger partial charge in [-0.05, 0) is 43.0 Å². The van der Waals surface area contributed by atoms with Gasteiger partial charge in [-0.2, -0.15) is 4.98 Å². The van der Waals surface area contributed by atoms with Gasteiger partial charge in [0, 0.05) is 6.04 Å². The van der Waals surface area contributed by atoms with Crippen molar-refractivity contribution in [3.8, 4) is 5.75 Å². The van der Waals surface area contributed by atoms with Gasteiger partial charge < -0.3 is 15.0 Å². The lowest BCUT2D eigenvalue weighted by atomic mass is 10.1. The highest BCUT2D eigenvalue weighted by Crippen LogP contribution is 2.31. The minimum absolute atomic E-state index is 0.174. The predicted molar refractivity (Wildman–Crippen MR) is 65.1 cm³/mol. The number of ether oxygens (including phenoxy) is 1. The molecule has 0 saturated heterocycles. The van der Waals surface area contributed by atoms with Crippen molar-refractivity contribution >= 4 is 0 Å². The largest absolute Gasteiger partial charge is 0.484 e. The van der Waals surface area contributed by atoms with E-state index in [1.54, 1.807) is 6.92 Å². The summed E-state index contributed by atoms with van der Waals surface area (Å²) in [6, 6.07) is 6.20. The van der Waals surface area contributed by atoms with E-state index in [0.717, 1.165) is 18.6 Å². The van der Waals surface area contributed by atoms with E-state index in [4.69, 9.17) is 15.0 Å². The molecule has 0 radical (unpaired) electrons. The van der Waals surface area contributed by atoms with Gasteiger partial charge in [0.1, 0.15) is 5.75 Å². The molecule has 0 fully saturated rings. The Morgan fingerprint density at radius 1 is 1.50 bits per heavy atom. The van der Waals surface area contributed by atoms with E-state index in [2.05, 4.69) is 10.1 Å². The number of fused-ring (bicyclic) bond motifs is 1. The van der Waals surface area contributed by atoms with Crippen LogP contribution in [0, 0.1) is 6.92 Å². The van der Waals surface area contributed by atoms with Crippen molar-refractivity contribution in [1.82, 2.24) is 10.1 Å². The van der Waals surface area contributed by atoms with Gasteiger partial charge in [0.15, 0.2) is 12.4 Å². The molecule has 1 heterocycles. The zero-order valence-corrected chi connectivity index (χ0v) is 10.2. The third-order valence-corrected chi connectivity index (χ3v) is 3.17. The van der Waals surface area contributed by atoms with Crippen LogP contribution in [-0.4, -0.2) is 10.1 Å². The fourth-order valence-electron chi connectivity index (χ4n) is 2.26. The highest BCUT2D eigenvalue weighted by Gasteiger charge is 2.19. The summed E-state index contributed by atoms with van der Waals surface area (Å²) in [6.45, 7) is 2.08. The Morgan fingerprint density at radius 3 is 3.17 bits per heavy atom. The highest BCUT2D eigenvalue weighted by molar-refractivity contribution is 5.40. The van der Waals surface area contributed by atoms with Crippen molar-refractivity contribution in [2.75, 3.05) is 0 Å². The summed E-state index contributed by atoms with van der Waals surface area (Å²) in [5.74, 6) is 1.93. The molecule has 3 rings (SSSR count). The van der Waals surface area contributed by atoms with E-state index in [9.17, 15) is 0 Å². The topological polar surface area (TPSA) is 74.2 Å². The van der Waals surface area contributed by atoms with Crippen LogP contribution in [0.25, 0.3) is 0 Å². The first kappa shape index (κ1) is 11.2. The molecule has 1 atom stereocenters. The molecule has 18 heavy (non-hydrogen) atoms. The molecule has 2 aromatic rings. The first-order valence-electron chi connectivity index (χ1n) is 6.03. The number of aromatic nitrogens is 2. The fourth-order valence-corrected chi connectivity index (χ4v) is 2.26. The number of nitrogens with zero attached hydrogens (tertiary/aromatic N) is 2. The fraction of sp³-hybridized carbons (Fsp3) is 0.385. The summed E-state index contributed by atoms with van der Waals surface area (Å²) < 4.78 is 10.6. The number of nitrogens with two attached hydrogens (primary N) is 1. The highest BCUT2D eigenvalue weighted by atomic mass is 16.5. The third kappa shape index (κ3) is 2.09. The van der Waals surface area contributed by atoms with Crippen LogP contribution in [0.1, 0.15) is 35.3 Å². The predicted octanol–water partition coefficient (Wildman–Crippen LogP) is 1.90. The van der Waals surface area contributed by atoms with Crippen LogP contribution < -0.4 is 10.5 Å². The quantitative estimate of drug-likeness (QED) is 0.894. The maximum atomic E-state index is 5.99. The zero-order chi connectivity index (χ0) is 12.5. The SMILES string of the molecule is Cc1noc(COc2ccc3c(c2)CC[C@@H]3N)n1. The minimum Gasteiger partial charge on any atom is -0.484 e. The van der Waals surface area contributed by atoms with Crippen LogP contribution >= 0.6 is 0 Å². The number of rotatable bonds is 3. The summed E-state index contributed by atoms with van der Waals surface area (Å²) in [5.41, 5.74) is 8.50. The summed E-state index contributed by atoms with van der Waals surface area (Å²) >= 11 is 0. The standard InChI is InChI=1S/C13H15N3O2/c1-8-15-13(18-16-8)7-17-10-3-4-11-9(6-10)2-5-12(11)14/h3-4,6,12H,2,5,7,14H2,1H3/t12-/m0/s1. The van der Waals surface area contributed by atoms with Crippen LogP contribution in [0.5, 0.6) is 5.75 Å². The van der Waals surface area contributed by atoms with E-state index in [-0.39, 0.29) is 6.04 Å². The van der Waals surface area contributed by atoms with Crippen molar-refractivity contribution < 1.29 is 9.26 Å². The Bertz CT molecular complexity index is 565. The van der Waals surface area contributed by atoms with Gasteiger partial charge in [-0.3, -0.25) is 0 Å². The lowest BCUT2D eigenvalue weighted by Crippen LogP contribution is -2.05. The van der Waals surface area contributed by atoms with Crippen molar-refractivity contribution in [3.05, 3.63) is 41.0 Å². The molecule has 0 unspecified atom stereocenters. The van der Waals surface area contributed by atoms with Crippen LogP contribution in [-0.2, 0) is 13.0 Å². The number of hydrogen-bond donors (Lipinski definition) is 1. The molecule has 5 nitrogen and oxygen atoms in total. The zero-order valence-electron chi connectivity index (χ0n) is 10.2. The number of hydrogen-bond acceptors (Lipinski definition) is 5. The summed E-state index contributed by atoms with van der Waals surface area (Å²) in [6.07, 6.45) is 2.04. The first-order chi connectivity index (χ1) is 8.72. The first-order valence-corrected chi connectivity index (χ1v) is 6.03. The average molecular weight is 245 g/mol. The molecule has 0 amide bonds. The molecule has 5 heteroatoms. The molecule has 1 aromatic heterocycles. The molecule has 0 spiro atoms. The Labute approximate surface area is 105 Å². The maximum absolute atomic E-state index is 5.99. The van der Waals surface area contributed by atoms with Crippen molar-refractivity contribution in [1.29, 1.82) is 0 Å². The Balaban J connectivity index is 1.70. The summed E-state index contributed by atoms with van der Waals surface area (Å²) in [5, 5.41) is 3.71. The monoisotopic (exact) mass is 245 g/mol. The van der Waals surface area contributed by atoms with E-state index < -0.39 is 0 Å². The summed E-state index contributed by atoms with van der Waals surface area (Å²) in [4.78, 5) is 4.09. The number of aryl methyl sites for hydroxylation is 2. The van der Waals surface area contributed by atoms with Gasteiger partial charge in [0.25, 0.3) is 5.89 Å². The molecule has 2 N–H and O–H groups in total. The van der Waals surface area contributed by atoms with Crippen molar-refractivity contribution in [2.24, 2.45) is 5.73 Å². The lowest BCUT2D eigenvalue weighted by Gasteiger charge is -2.07. The second-order valence-electron chi connectivity index (χ2n) is 4.53. The maximum Gasteiger partial charge on any atom is 0.264 e. The molecule has 0 aliphatic heterocycles. The van der Waals surface area contributed by atoms with E-state index in [1.165, 1.54) is 11.1 Å². The van der Waals surface area contributed by atoms with Gasteiger partial charge in [-0.25, -0.2) is 0 Å². The van der Waals surface area contributed by atoms with Gasteiger partial charge in [-0.1, -0.05) is 11.2 Å². The number of benzene rings is 1. The van der Waals surface area contributed by atoms with Crippen molar-refractivity contribution in [3.63, 3.8) is 0 Å². The normalized spacial score (nSPS) is 17.8. The second kappa shape index (κ2) is 4.42. The van der Waals surface area contributed by atoms with Gasteiger partial charge in [-0.15, -0.1) is 0 Å². The smallest absolute Gasteiger partial charge is 0.264 e.